The first-order chi connectivity index (χ1) is 12.2. The number of hydrogen-bond donors (Lipinski definition) is 2. The van der Waals surface area contributed by atoms with Crippen LogP contribution in [0.15, 0.2) is 48.1 Å². The summed E-state index contributed by atoms with van der Waals surface area (Å²) in [6.07, 6.45) is 5.97. The molecule has 1 aliphatic rings. The predicted molar refractivity (Wildman–Crippen MR) is 97.7 cm³/mol. The first kappa shape index (κ1) is 16.0. The Labute approximate surface area is 149 Å². The molecule has 3 aromatic rings. The second-order valence-electron chi connectivity index (χ2n) is 6.20. The maximum Gasteiger partial charge on any atom is 0.271 e. The van der Waals surface area contributed by atoms with Gasteiger partial charge in [0.15, 0.2) is 0 Å². The number of para-hydroxylation sites is 1. The Balaban J connectivity index is 1.49. The van der Waals surface area contributed by atoms with E-state index in [2.05, 4.69) is 15.4 Å². The van der Waals surface area contributed by atoms with E-state index < -0.39 is 0 Å². The number of carbonyl (C=O) groups excluding carboxylic acids is 1. The number of nitrogens with one attached hydrogen (secondary N) is 1. The SMILES string of the molecule is NCC(NC(=O)c1csc(-c2cnn(-c3ccccc3)c2)n1)C1CC1. The topological polar surface area (TPSA) is 85.8 Å². The molecule has 128 valence electrons. The zero-order chi connectivity index (χ0) is 17.2. The minimum atomic E-state index is -0.152. The fourth-order valence-electron chi connectivity index (χ4n) is 2.78. The molecule has 1 atom stereocenters. The van der Waals surface area contributed by atoms with Gasteiger partial charge in [0.2, 0.25) is 0 Å². The average Bonchev–Trinajstić information content (AvgIpc) is 3.17. The van der Waals surface area contributed by atoms with Crippen LogP contribution in [0.5, 0.6) is 0 Å². The molecule has 0 bridgehead atoms. The van der Waals surface area contributed by atoms with Gasteiger partial charge in [-0.15, -0.1) is 11.3 Å². The molecule has 7 heteroatoms. The zero-order valence-corrected chi connectivity index (χ0v) is 14.4. The van der Waals surface area contributed by atoms with Crippen molar-refractivity contribution in [3.8, 4) is 16.3 Å². The van der Waals surface area contributed by atoms with E-state index in [1.807, 2.05) is 36.5 Å². The number of thiazole rings is 1. The van der Waals surface area contributed by atoms with Crippen LogP contribution in [0.4, 0.5) is 0 Å². The zero-order valence-electron chi connectivity index (χ0n) is 13.6. The molecular weight excluding hydrogens is 334 g/mol. The number of nitrogens with two attached hydrogens (primary N) is 1. The molecule has 3 N–H and O–H groups in total. The molecule has 25 heavy (non-hydrogen) atoms. The van der Waals surface area contributed by atoms with Crippen LogP contribution >= 0.6 is 11.3 Å². The second kappa shape index (κ2) is 6.78. The Hall–Kier alpha value is -2.51. The van der Waals surface area contributed by atoms with Crippen LogP contribution in [0.1, 0.15) is 23.3 Å². The van der Waals surface area contributed by atoms with Gasteiger partial charge in [0, 0.05) is 29.7 Å². The monoisotopic (exact) mass is 353 g/mol. The summed E-state index contributed by atoms with van der Waals surface area (Å²) < 4.78 is 1.80. The Morgan fingerprint density at radius 2 is 2.16 bits per heavy atom. The van der Waals surface area contributed by atoms with Crippen molar-refractivity contribution in [3.05, 3.63) is 53.8 Å². The van der Waals surface area contributed by atoms with Crippen LogP contribution in [-0.4, -0.2) is 33.3 Å². The number of benzene rings is 1. The number of carbonyl (C=O) groups is 1. The molecule has 1 aliphatic carbocycles. The van der Waals surface area contributed by atoms with E-state index in [1.165, 1.54) is 11.3 Å². The van der Waals surface area contributed by atoms with Crippen LogP contribution in [0.3, 0.4) is 0 Å². The van der Waals surface area contributed by atoms with Crippen molar-refractivity contribution < 1.29 is 4.79 Å². The van der Waals surface area contributed by atoms with Gasteiger partial charge in [-0.3, -0.25) is 4.79 Å². The summed E-state index contributed by atoms with van der Waals surface area (Å²) in [6, 6.07) is 9.94. The van der Waals surface area contributed by atoms with Gasteiger partial charge in [-0.25, -0.2) is 9.67 Å². The summed E-state index contributed by atoms with van der Waals surface area (Å²) in [7, 11) is 0. The van der Waals surface area contributed by atoms with Gasteiger partial charge in [-0.05, 0) is 30.9 Å². The molecule has 0 saturated heterocycles. The minimum Gasteiger partial charge on any atom is -0.346 e. The lowest BCUT2D eigenvalue weighted by molar-refractivity contribution is 0.0929. The Morgan fingerprint density at radius 3 is 2.88 bits per heavy atom. The van der Waals surface area contributed by atoms with Crippen molar-refractivity contribution in [2.24, 2.45) is 11.7 Å². The Morgan fingerprint density at radius 1 is 1.36 bits per heavy atom. The maximum absolute atomic E-state index is 12.4. The van der Waals surface area contributed by atoms with Gasteiger partial charge >= 0.3 is 0 Å². The molecule has 2 aromatic heterocycles. The van der Waals surface area contributed by atoms with E-state index in [4.69, 9.17) is 5.73 Å². The molecule has 4 rings (SSSR count). The summed E-state index contributed by atoms with van der Waals surface area (Å²) in [5.74, 6) is 0.372. The van der Waals surface area contributed by atoms with Crippen LogP contribution in [-0.2, 0) is 0 Å². The fourth-order valence-corrected chi connectivity index (χ4v) is 3.55. The molecule has 0 radical (unpaired) electrons. The van der Waals surface area contributed by atoms with Gasteiger partial charge < -0.3 is 11.1 Å². The highest BCUT2D eigenvalue weighted by atomic mass is 32.1. The van der Waals surface area contributed by atoms with Crippen molar-refractivity contribution in [3.63, 3.8) is 0 Å². The number of amides is 1. The molecule has 1 fully saturated rings. The number of hydrogen-bond acceptors (Lipinski definition) is 5. The van der Waals surface area contributed by atoms with E-state index in [0.717, 1.165) is 29.1 Å². The van der Waals surface area contributed by atoms with E-state index in [1.54, 1.807) is 16.3 Å². The lowest BCUT2D eigenvalue weighted by Gasteiger charge is -2.14. The summed E-state index contributed by atoms with van der Waals surface area (Å²) in [5.41, 5.74) is 8.07. The third-order valence-electron chi connectivity index (χ3n) is 4.35. The second-order valence-corrected chi connectivity index (χ2v) is 7.06. The van der Waals surface area contributed by atoms with Crippen molar-refractivity contribution in [1.82, 2.24) is 20.1 Å². The van der Waals surface area contributed by atoms with Crippen molar-refractivity contribution in [2.75, 3.05) is 6.54 Å². The Bertz CT molecular complexity index is 868. The highest BCUT2D eigenvalue weighted by Crippen LogP contribution is 2.32. The van der Waals surface area contributed by atoms with Gasteiger partial charge in [0.1, 0.15) is 10.7 Å². The number of nitrogens with zero attached hydrogens (tertiary/aromatic N) is 3. The van der Waals surface area contributed by atoms with Gasteiger partial charge in [0.25, 0.3) is 5.91 Å². The third-order valence-corrected chi connectivity index (χ3v) is 5.24. The molecule has 1 aromatic carbocycles. The van der Waals surface area contributed by atoms with Crippen LogP contribution in [0.25, 0.3) is 16.3 Å². The van der Waals surface area contributed by atoms with Gasteiger partial charge in [-0.2, -0.15) is 5.10 Å². The summed E-state index contributed by atoms with van der Waals surface area (Å²) in [5, 5.41) is 9.94. The quantitative estimate of drug-likeness (QED) is 0.713. The van der Waals surface area contributed by atoms with E-state index in [-0.39, 0.29) is 11.9 Å². The number of rotatable bonds is 6. The molecule has 1 saturated carbocycles. The predicted octanol–water partition coefficient (Wildman–Crippen LogP) is 2.46. The van der Waals surface area contributed by atoms with Gasteiger partial charge in [0.05, 0.1) is 11.9 Å². The fraction of sp³-hybridized carbons (Fsp3) is 0.278. The lowest BCUT2D eigenvalue weighted by atomic mass is 10.2. The summed E-state index contributed by atoms with van der Waals surface area (Å²) in [6.45, 7) is 0.469. The minimum absolute atomic E-state index is 0.0541. The lowest BCUT2D eigenvalue weighted by Crippen LogP contribution is -2.41. The molecule has 1 unspecified atom stereocenters. The molecule has 2 heterocycles. The average molecular weight is 353 g/mol. The summed E-state index contributed by atoms with van der Waals surface area (Å²) in [4.78, 5) is 16.8. The van der Waals surface area contributed by atoms with E-state index >= 15 is 0 Å². The summed E-state index contributed by atoms with van der Waals surface area (Å²) >= 11 is 1.44. The van der Waals surface area contributed by atoms with E-state index in [9.17, 15) is 4.79 Å². The van der Waals surface area contributed by atoms with Crippen LogP contribution in [0, 0.1) is 5.92 Å². The van der Waals surface area contributed by atoms with Crippen LogP contribution in [0.2, 0.25) is 0 Å². The van der Waals surface area contributed by atoms with Crippen molar-refractivity contribution in [2.45, 2.75) is 18.9 Å². The highest BCUT2D eigenvalue weighted by Gasteiger charge is 2.31. The molecule has 6 nitrogen and oxygen atoms in total. The standard InChI is InChI=1S/C18H19N5OS/c19-8-15(12-6-7-12)21-17(24)16-11-25-18(22-16)13-9-20-23(10-13)14-4-2-1-3-5-14/h1-5,9-12,15H,6-8,19H2,(H,21,24). The smallest absolute Gasteiger partial charge is 0.271 e. The number of aromatic nitrogens is 3. The Kier molecular flexibility index (Phi) is 4.33. The molecule has 1 amide bonds. The van der Waals surface area contributed by atoms with Crippen molar-refractivity contribution >= 4 is 17.2 Å². The molecule has 0 aliphatic heterocycles. The van der Waals surface area contributed by atoms with Crippen molar-refractivity contribution in [1.29, 1.82) is 0 Å². The normalized spacial score (nSPS) is 15.1. The maximum atomic E-state index is 12.4. The molecular formula is C18H19N5OS. The largest absolute Gasteiger partial charge is 0.346 e. The molecule has 0 spiro atoms. The third kappa shape index (κ3) is 3.47. The first-order valence-corrected chi connectivity index (χ1v) is 9.19. The van der Waals surface area contributed by atoms with E-state index in [0.29, 0.717) is 18.2 Å². The first-order valence-electron chi connectivity index (χ1n) is 8.31. The van der Waals surface area contributed by atoms with Crippen LogP contribution < -0.4 is 11.1 Å². The highest BCUT2D eigenvalue weighted by molar-refractivity contribution is 7.13. The van der Waals surface area contributed by atoms with Gasteiger partial charge in [-0.1, -0.05) is 18.2 Å².